The number of alkyl halides is 1. The summed E-state index contributed by atoms with van der Waals surface area (Å²) in [5.41, 5.74) is -0.241. The second kappa shape index (κ2) is 5.83. The zero-order valence-corrected chi connectivity index (χ0v) is 11.8. The molecule has 3 atom stereocenters. The van der Waals surface area contributed by atoms with Gasteiger partial charge in [-0.15, -0.1) is 0 Å². The second-order valence-corrected chi connectivity index (χ2v) is 5.37. The van der Waals surface area contributed by atoms with E-state index in [-0.39, 0.29) is 28.5 Å². The molecule has 1 aliphatic rings. The minimum atomic E-state index is -0.589. The highest BCUT2D eigenvalue weighted by atomic mass is 79.9. The number of nitro benzene ring substituents is 1. The molecule has 5 nitrogen and oxygen atoms in total. The van der Waals surface area contributed by atoms with Gasteiger partial charge < -0.3 is 9.47 Å². The van der Waals surface area contributed by atoms with E-state index in [1.54, 1.807) is 0 Å². The molecule has 1 aromatic carbocycles. The fourth-order valence-corrected chi connectivity index (χ4v) is 2.80. The van der Waals surface area contributed by atoms with Crippen molar-refractivity contribution in [2.45, 2.75) is 30.4 Å². The fraction of sp³-hybridized carbons (Fsp3) is 0.500. The van der Waals surface area contributed by atoms with Gasteiger partial charge in [-0.1, -0.05) is 15.9 Å². The lowest BCUT2D eigenvalue weighted by Crippen LogP contribution is -2.52. The van der Waals surface area contributed by atoms with Crippen molar-refractivity contribution in [2.75, 3.05) is 6.61 Å². The van der Waals surface area contributed by atoms with Gasteiger partial charge in [0.1, 0.15) is 18.0 Å². The van der Waals surface area contributed by atoms with Crippen molar-refractivity contribution in [3.63, 3.8) is 0 Å². The van der Waals surface area contributed by atoms with E-state index in [0.29, 0.717) is 13.0 Å². The average Bonchev–Trinajstić information content (AvgIpc) is 2.35. The van der Waals surface area contributed by atoms with Crippen LogP contribution in [0.25, 0.3) is 0 Å². The minimum absolute atomic E-state index is 0.0564. The monoisotopic (exact) mass is 333 g/mol. The van der Waals surface area contributed by atoms with E-state index in [4.69, 9.17) is 9.47 Å². The van der Waals surface area contributed by atoms with Crippen molar-refractivity contribution in [1.29, 1.82) is 0 Å². The molecular formula is C12H13BrFNO4. The van der Waals surface area contributed by atoms with Crippen LogP contribution in [-0.4, -0.2) is 28.6 Å². The molecule has 0 aliphatic heterocycles. The highest BCUT2D eigenvalue weighted by Crippen LogP contribution is 2.37. The third kappa shape index (κ3) is 3.03. The molecule has 0 radical (unpaired) electrons. The molecule has 0 heterocycles. The molecule has 104 valence electrons. The van der Waals surface area contributed by atoms with Crippen LogP contribution in [0.4, 0.5) is 10.1 Å². The zero-order chi connectivity index (χ0) is 14.0. The van der Waals surface area contributed by atoms with Crippen LogP contribution in [0.3, 0.4) is 0 Å². The van der Waals surface area contributed by atoms with Gasteiger partial charge in [-0.2, -0.15) is 0 Å². The van der Waals surface area contributed by atoms with Gasteiger partial charge in [0, 0.05) is 30.0 Å². The van der Waals surface area contributed by atoms with Crippen LogP contribution in [0.5, 0.6) is 5.75 Å². The van der Waals surface area contributed by atoms with Gasteiger partial charge in [0.05, 0.1) is 4.92 Å². The average molecular weight is 334 g/mol. The number of ether oxygens (including phenoxy) is 2. The zero-order valence-electron chi connectivity index (χ0n) is 10.2. The molecule has 1 fully saturated rings. The van der Waals surface area contributed by atoms with Gasteiger partial charge in [0.15, 0.2) is 5.75 Å². The van der Waals surface area contributed by atoms with Crippen molar-refractivity contribution in [3.8, 4) is 5.75 Å². The normalized spacial score (nSPS) is 25.7. The summed E-state index contributed by atoms with van der Waals surface area (Å²) in [5.74, 6) is -0.623. The summed E-state index contributed by atoms with van der Waals surface area (Å²) in [6, 6.07) is 3.17. The standard InChI is InChI=1S/C12H13BrFNO4/c1-2-18-12-8(13)6-11(12)19-10-5-7(14)3-4-9(10)15(16)17/h3-5,8,11-12H,2,6H2,1H3. The smallest absolute Gasteiger partial charge is 0.311 e. The van der Waals surface area contributed by atoms with Crippen molar-refractivity contribution in [2.24, 2.45) is 0 Å². The first kappa shape index (κ1) is 14.2. The molecule has 0 bridgehead atoms. The Morgan fingerprint density at radius 1 is 1.58 bits per heavy atom. The molecule has 3 unspecified atom stereocenters. The maximum atomic E-state index is 13.2. The highest BCUT2D eigenvalue weighted by Gasteiger charge is 2.43. The number of benzene rings is 1. The third-order valence-corrected chi connectivity index (χ3v) is 3.83. The first-order chi connectivity index (χ1) is 9.02. The van der Waals surface area contributed by atoms with Gasteiger partial charge >= 0.3 is 5.69 Å². The molecule has 1 aromatic rings. The Labute approximate surface area is 118 Å². The summed E-state index contributed by atoms with van der Waals surface area (Å²) < 4.78 is 24.2. The molecule has 1 aliphatic carbocycles. The Bertz CT molecular complexity index is 485. The van der Waals surface area contributed by atoms with Crippen LogP contribution in [-0.2, 0) is 4.74 Å². The quantitative estimate of drug-likeness (QED) is 0.472. The van der Waals surface area contributed by atoms with Crippen LogP contribution >= 0.6 is 15.9 Å². The molecule has 0 N–H and O–H groups in total. The predicted octanol–water partition coefficient (Wildman–Crippen LogP) is 3.05. The van der Waals surface area contributed by atoms with Gasteiger partial charge in [0.2, 0.25) is 0 Å². The highest BCUT2D eigenvalue weighted by molar-refractivity contribution is 9.09. The summed E-state index contributed by atoms with van der Waals surface area (Å²) in [5, 5.41) is 10.9. The largest absolute Gasteiger partial charge is 0.481 e. The summed E-state index contributed by atoms with van der Waals surface area (Å²) >= 11 is 3.43. The first-order valence-corrected chi connectivity index (χ1v) is 6.80. The third-order valence-electron chi connectivity index (χ3n) is 2.94. The van der Waals surface area contributed by atoms with Crippen LogP contribution in [0, 0.1) is 15.9 Å². The topological polar surface area (TPSA) is 61.6 Å². The minimum Gasteiger partial charge on any atom is -0.481 e. The van der Waals surface area contributed by atoms with Crippen LogP contribution in [0.2, 0.25) is 0 Å². The van der Waals surface area contributed by atoms with E-state index >= 15 is 0 Å². The summed E-state index contributed by atoms with van der Waals surface area (Å²) in [6.45, 7) is 2.39. The Balaban J connectivity index is 2.15. The SMILES string of the molecule is CCOC1C(Br)CC1Oc1cc(F)ccc1[N+](=O)[O-]. The summed E-state index contributed by atoms with van der Waals surface area (Å²) in [7, 11) is 0. The van der Waals surface area contributed by atoms with Gasteiger partial charge in [-0.25, -0.2) is 4.39 Å². The lowest BCUT2D eigenvalue weighted by molar-refractivity contribution is -0.386. The van der Waals surface area contributed by atoms with E-state index in [1.165, 1.54) is 0 Å². The summed E-state index contributed by atoms with van der Waals surface area (Å²) in [6.07, 6.45) is 0.191. The van der Waals surface area contributed by atoms with Crippen molar-refractivity contribution in [1.82, 2.24) is 0 Å². The van der Waals surface area contributed by atoms with E-state index in [2.05, 4.69) is 15.9 Å². The molecule has 7 heteroatoms. The Morgan fingerprint density at radius 3 is 2.89 bits per heavy atom. The van der Waals surface area contributed by atoms with Crippen molar-refractivity contribution >= 4 is 21.6 Å². The maximum absolute atomic E-state index is 13.2. The molecule has 19 heavy (non-hydrogen) atoms. The molecule has 0 saturated heterocycles. The van der Waals surface area contributed by atoms with Crippen molar-refractivity contribution in [3.05, 3.63) is 34.1 Å². The van der Waals surface area contributed by atoms with Crippen molar-refractivity contribution < 1.29 is 18.8 Å². The lowest BCUT2D eigenvalue weighted by Gasteiger charge is -2.40. The Morgan fingerprint density at radius 2 is 2.32 bits per heavy atom. The van der Waals surface area contributed by atoms with Crippen LogP contribution in [0.1, 0.15) is 13.3 Å². The number of hydrogen-bond acceptors (Lipinski definition) is 4. The van der Waals surface area contributed by atoms with E-state index in [9.17, 15) is 14.5 Å². The molecule has 0 aromatic heterocycles. The Kier molecular flexibility index (Phi) is 4.36. The fourth-order valence-electron chi connectivity index (χ4n) is 1.94. The first-order valence-electron chi connectivity index (χ1n) is 5.89. The van der Waals surface area contributed by atoms with E-state index < -0.39 is 10.7 Å². The van der Waals surface area contributed by atoms with Crippen LogP contribution in [0.15, 0.2) is 18.2 Å². The number of rotatable bonds is 5. The number of nitrogens with zero attached hydrogens (tertiary/aromatic N) is 1. The molecule has 1 saturated carbocycles. The van der Waals surface area contributed by atoms with Crippen LogP contribution < -0.4 is 4.74 Å². The van der Waals surface area contributed by atoms with Gasteiger partial charge in [-0.3, -0.25) is 10.1 Å². The number of hydrogen-bond donors (Lipinski definition) is 0. The summed E-state index contributed by atoms with van der Waals surface area (Å²) in [4.78, 5) is 10.4. The molecule has 0 spiro atoms. The van der Waals surface area contributed by atoms with Gasteiger partial charge in [0.25, 0.3) is 0 Å². The van der Waals surface area contributed by atoms with E-state index in [1.807, 2.05) is 6.92 Å². The van der Waals surface area contributed by atoms with E-state index in [0.717, 1.165) is 18.2 Å². The molecular weight excluding hydrogens is 321 g/mol. The molecule has 0 amide bonds. The number of nitro groups is 1. The lowest BCUT2D eigenvalue weighted by atomic mass is 9.91. The Hall–Kier alpha value is -1.21. The maximum Gasteiger partial charge on any atom is 0.311 e. The second-order valence-electron chi connectivity index (χ2n) is 4.20. The molecule has 2 rings (SSSR count). The number of halogens is 2. The predicted molar refractivity (Wildman–Crippen MR) is 70.2 cm³/mol. The van der Waals surface area contributed by atoms with Gasteiger partial charge in [-0.05, 0) is 13.0 Å².